The average Bonchev–Trinajstić information content (AvgIpc) is 1.85. The summed E-state index contributed by atoms with van der Waals surface area (Å²) in [6, 6.07) is 0. The molecule has 0 atom stereocenters. The third kappa shape index (κ3) is 2.43. The van der Waals surface area contributed by atoms with E-state index in [0.29, 0.717) is 5.41 Å². The van der Waals surface area contributed by atoms with Crippen LogP contribution in [0, 0.1) is 5.41 Å². The van der Waals surface area contributed by atoms with Gasteiger partial charge in [-0.15, -0.1) is 0 Å². The van der Waals surface area contributed by atoms with E-state index in [4.69, 9.17) is 5.84 Å². The van der Waals surface area contributed by atoms with Gasteiger partial charge < -0.3 is 5.32 Å². The predicted octanol–water partition coefficient (Wildman–Crippen LogP) is 0.182. The van der Waals surface area contributed by atoms with Crippen LogP contribution in [0.5, 0.6) is 0 Å². The fraction of sp³-hybridized carbons (Fsp3) is 1.00. The second-order valence-electron chi connectivity index (χ2n) is 3.82. The molecule has 0 unspecified atom stereocenters. The van der Waals surface area contributed by atoms with Crippen LogP contribution in [-0.4, -0.2) is 31.2 Å². The van der Waals surface area contributed by atoms with Crippen LogP contribution in [0.3, 0.4) is 0 Å². The molecule has 0 amide bonds. The van der Waals surface area contributed by atoms with Gasteiger partial charge in [0.25, 0.3) is 0 Å². The topological polar surface area (TPSA) is 41.3 Å². The monoisotopic (exact) mass is 157 g/mol. The van der Waals surface area contributed by atoms with Crippen molar-refractivity contribution in [3.8, 4) is 0 Å². The quantitative estimate of drug-likeness (QED) is 0.452. The fourth-order valence-corrected chi connectivity index (χ4v) is 1.66. The van der Waals surface area contributed by atoms with Gasteiger partial charge in [0.15, 0.2) is 0 Å². The van der Waals surface area contributed by atoms with Crippen molar-refractivity contribution < 1.29 is 0 Å². The summed E-state index contributed by atoms with van der Waals surface area (Å²) in [5.74, 6) is 5.57. The highest BCUT2D eigenvalue weighted by Gasteiger charge is 2.36. The summed E-state index contributed by atoms with van der Waals surface area (Å²) < 4.78 is 0. The number of nitrogens with two attached hydrogens (primary N) is 1. The first-order valence-corrected chi connectivity index (χ1v) is 4.37. The van der Waals surface area contributed by atoms with E-state index >= 15 is 0 Å². The van der Waals surface area contributed by atoms with Crippen molar-refractivity contribution in [1.29, 1.82) is 0 Å². The van der Waals surface area contributed by atoms with Gasteiger partial charge in [-0.05, 0) is 24.9 Å². The lowest BCUT2D eigenvalue weighted by Gasteiger charge is -2.45. The molecule has 0 aromatic heterocycles. The Balaban J connectivity index is 2.07. The first-order chi connectivity index (χ1) is 5.16. The number of nitrogens with one attached hydrogen (secondary N) is 1. The Morgan fingerprint density at radius 2 is 2.18 bits per heavy atom. The molecule has 3 N–H and O–H groups in total. The minimum Gasteiger partial charge on any atom is -0.317 e. The van der Waals surface area contributed by atoms with Gasteiger partial charge in [0.2, 0.25) is 0 Å². The Labute approximate surface area is 68.9 Å². The first kappa shape index (κ1) is 8.97. The van der Waals surface area contributed by atoms with Gasteiger partial charge in [-0.2, -0.15) is 0 Å². The van der Waals surface area contributed by atoms with E-state index in [1.807, 2.05) is 5.01 Å². The molecule has 0 spiro atoms. The Bertz CT molecular complexity index is 119. The zero-order valence-electron chi connectivity index (χ0n) is 7.56. The van der Waals surface area contributed by atoms with E-state index in [2.05, 4.69) is 19.2 Å². The second-order valence-corrected chi connectivity index (χ2v) is 3.82. The molecule has 0 aromatic rings. The zero-order chi connectivity index (χ0) is 8.32. The summed E-state index contributed by atoms with van der Waals surface area (Å²) in [6.45, 7) is 8.74. The molecule has 3 nitrogen and oxygen atoms in total. The number of nitrogens with zero attached hydrogens (tertiary/aromatic N) is 1. The molecule has 1 aliphatic heterocycles. The molecule has 0 saturated carbocycles. The molecule has 0 radical (unpaired) electrons. The number of rotatable bonds is 4. The average molecular weight is 157 g/mol. The molecule has 1 fully saturated rings. The van der Waals surface area contributed by atoms with E-state index in [0.717, 1.165) is 26.2 Å². The highest BCUT2D eigenvalue weighted by Crippen LogP contribution is 2.30. The number of hydrogen-bond donors (Lipinski definition) is 2. The summed E-state index contributed by atoms with van der Waals surface area (Å²) in [7, 11) is 0. The summed E-state index contributed by atoms with van der Waals surface area (Å²) in [6.07, 6.45) is 1.24. The maximum atomic E-state index is 5.57. The maximum Gasteiger partial charge on any atom is 0.0196 e. The standard InChI is InChI=1S/C8H19N3/c1-3-10-5-4-8(2)6-11(9)7-8/h10H,3-7,9H2,1-2H3. The molecule has 11 heavy (non-hydrogen) atoms. The second kappa shape index (κ2) is 3.52. The highest BCUT2D eigenvalue weighted by molar-refractivity contribution is 4.88. The van der Waals surface area contributed by atoms with Crippen LogP contribution in [0.1, 0.15) is 20.3 Å². The molecular weight excluding hydrogens is 138 g/mol. The van der Waals surface area contributed by atoms with Gasteiger partial charge in [0, 0.05) is 13.1 Å². The van der Waals surface area contributed by atoms with Crippen LogP contribution in [0.2, 0.25) is 0 Å². The largest absolute Gasteiger partial charge is 0.317 e. The van der Waals surface area contributed by atoms with E-state index in [1.54, 1.807) is 0 Å². The van der Waals surface area contributed by atoms with Crippen molar-refractivity contribution in [3.63, 3.8) is 0 Å². The van der Waals surface area contributed by atoms with Crippen LogP contribution >= 0.6 is 0 Å². The third-order valence-electron chi connectivity index (χ3n) is 2.32. The lowest BCUT2D eigenvalue weighted by molar-refractivity contribution is 0.00900. The van der Waals surface area contributed by atoms with E-state index < -0.39 is 0 Å². The van der Waals surface area contributed by atoms with Crippen LogP contribution in [0.25, 0.3) is 0 Å². The third-order valence-corrected chi connectivity index (χ3v) is 2.32. The summed E-state index contributed by atoms with van der Waals surface area (Å²) in [5.41, 5.74) is 0.483. The van der Waals surface area contributed by atoms with Crippen LogP contribution < -0.4 is 11.2 Å². The summed E-state index contributed by atoms with van der Waals surface area (Å²) in [5, 5.41) is 5.21. The minimum atomic E-state index is 0.483. The molecule has 1 rings (SSSR count). The van der Waals surface area contributed by atoms with Crippen LogP contribution in [0.15, 0.2) is 0 Å². The number of hydrazine groups is 1. The first-order valence-electron chi connectivity index (χ1n) is 4.37. The molecular formula is C8H19N3. The van der Waals surface area contributed by atoms with Gasteiger partial charge in [0.05, 0.1) is 0 Å². The van der Waals surface area contributed by atoms with Gasteiger partial charge in [-0.3, -0.25) is 5.84 Å². The van der Waals surface area contributed by atoms with Crippen molar-refractivity contribution in [3.05, 3.63) is 0 Å². The molecule has 3 heteroatoms. The van der Waals surface area contributed by atoms with Crippen molar-refractivity contribution in [1.82, 2.24) is 10.3 Å². The van der Waals surface area contributed by atoms with Gasteiger partial charge in [0.1, 0.15) is 0 Å². The molecule has 0 aromatic carbocycles. The normalized spacial score (nSPS) is 23.2. The molecule has 0 bridgehead atoms. The lowest BCUT2D eigenvalue weighted by atomic mass is 9.80. The smallest absolute Gasteiger partial charge is 0.0196 e. The molecule has 1 saturated heterocycles. The maximum absolute atomic E-state index is 5.57. The van der Waals surface area contributed by atoms with Crippen molar-refractivity contribution >= 4 is 0 Å². The molecule has 1 aliphatic rings. The minimum absolute atomic E-state index is 0.483. The molecule has 1 heterocycles. The fourth-order valence-electron chi connectivity index (χ4n) is 1.66. The predicted molar refractivity (Wildman–Crippen MR) is 47.0 cm³/mol. The van der Waals surface area contributed by atoms with Crippen molar-refractivity contribution in [2.24, 2.45) is 11.3 Å². The summed E-state index contributed by atoms with van der Waals surface area (Å²) >= 11 is 0. The Hall–Kier alpha value is -0.120. The van der Waals surface area contributed by atoms with Gasteiger partial charge in [-0.25, -0.2) is 5.01 Å². The molecule has 66 valence electrons. The van der Waals surface area contributed by atoms with E-state index in [-0.39, 0.29) is 0 Å². The Kier molecular flexibility index (Phi) is 2.87. The number of hydrogen-bond acceptors (Lipinski definition) is 3. The van der Waals surface area contributed by atoms with E-state index in [1.165, 1.54) is 6.42 Å². The lowest BCUT2D eigenvalue weighted by Crippen LogP contribution is -2.58. The molecule has 0 aliphatic carbocycles. The Morgan fingerprint density at radius 1 is 1.55 bits per heavy atom. The van der Waals surface area contributed by atoms with Crippen molar-refractivity contribution in [2.45, 2.75) is 20.3 Å². The van der Waals surface area contributed by atoms with Gasteiger partial charge in [-0.1, -0.05) is 13.8 Å². The summed E-state index contributed by atoms with van der Waals surface area (Å²) in [4.78, 5) is 0. The zero-order valence-corrected chi connectivity index (χ0v) is 7.56. The van der Waals surface area contributed by atoms with Gasteiger partial charge >= 0.3 is 0 Å². The van der Waals surface area contributed by atoms with E-state index in [9.17, 15) is 0 Å². The Morgan fingerprint density at radius 3 is 2.64 bits per heavy atom. The highest BCUT2D eigenvalue weighted by atomic mass is 15.4. The SMILES string of the molecule is CCNCCC1(C)CN(N)C1. The van der Waals surface area contributed by atoms with Crippen LogP contribution in [0.4, 0.5) is 0 Å². The van der Waals surface area contributed by atoms with Crippen molar-refractivity contribution in [2.75, 3.05) is 26.2 Å². The van der Waals surface area contributed by atoms with Crippen LogP contribution in [-0.2, 0) is 0 Å².